The van der Waals surface area contributed by atoms with Gasteiger partial charge in [-0.25, -0.2) is 0 Å². The fourth-order valence-corrected chi connectivity index (χ4v) is 1.84. The number of amides is 1. The Hall–Kier alpha value is -1.35. The number of carbonyl (C=O) groups is 1. The van der Waals surface area contributed by atoms with Gasteiger partial charge >= 0.3 is 0 Å². The molecule has 0 heterocycles. The number of rotatable bonds is 5. The fraction of sp³-hybridized carbons (Fsp3) is 0.462. The second-order valence-corrected chi connectivity index (χ2v) is 4.29. The van der Waals surface area contributed by atoms with E-state index in [1.54, 1.807) is 7.05 Å². The molecular formula is C13H18N2O. The van der Waals surface area contributed by atoms with Crippen LogP contribution in [0.5, 0.6) is 0 Å². The largest absolute Gasteiger partial charge is 0.358 e. The molecule has 0 aromatic heterocycles. The molecule has 0 spiro atoms. The van der Waals surface area contributed by atoms with Crippen LogP contribution < -0.4 is 5.32 Å². The Morgan fingerprint density at radius 1 is 1.38 bits per heavy atom. The molecule has 1 aliphatic carbocycles. The number of likely N-dealkylation sites (N-methyl/N-ethyl adjacent to an activating group) is 1. The summed E-state index contributed by atoms with van der Waals surface area (Å²) in [5, 5.41) is 2.68. The van der Waals surface area contributed by atoms with Crippen LogP contribution in [0.1, 0.15) is 18.4 Å². The fourth-order valence-electron chi connectivity index (χ4n) is 1.84. The van der Waals surface area contributed by atoms with Crippen molar-refractivity contribution < 1.29 is 4.79 Å². The summed E-state index contributed by atoms with van der Waals surface area (Å²) >= 11 is 0. The second-order valence-electron chi connectivity index (χ2n) is 4.29. The lowest BCUT2D eigenvalue weighted by atomic mass is 10.2. The lowest BCUT2D eigenvalue weighted by molar-refractivity contribution is -0.122. The molecule has 3 heteroatoms. The van der Waals surface area contributed by atoms with Crippen molar-refractivity contribution in [2.45, 2.75) is 25.4 Å². The van der Waals surface area contributed by atoms with E-state index in [1.165, 1.54) is 18.4 Å². The molecule has 2 rings (SSSR count). The standard InChI is InChI=1S/C13H18N2O/c1-14-13(16)10-15(12-7-8-12)9-11-5-3-2-4-6-11/h2-6,12H,7-10H2,1H3,(H,14,16). The van der Waals surface area contributed by atoms with Crippen LogP contribution in [0.15, 0.2) is 30.3 Å². The van der Waals surface area contributed by atoms with Gasteiger partial charge in [-0.1, -0.05) is 30.3 Å². The minimum Gasteiger partial charge on any atom is -0.358 e. The number of nitrogens with one attached hydrogen (secondary N) is 1. The van der Waals surface area contributed by atoms with Crippen LogP contribution in [0.2, 0.25) is 0 Å². The first kappa shape index (κ1) is 11.1. The Labute approximate surface area is 96.5 Å². The van der Waals surface area contributed by atoms with E-state index in [2.05, 4.69) is 22.3 Å². The molecule has 86 valence electrons. The van der Waals surface area contributed by atoms with Gasteiger partial charge in [-0.15, -0.1) is 0 Å². The SMILES string of the molecule is CNC(=O)CN(Cc1ccccc1)C1CC1. The smallest absolute Gasteiger partial charge is 0.233 e. The Kier molecular flexibility index (Phi) is 3.57. The molecule has 1 aromatic rings. The van der Waals surface area contributed by atoms with E-state index in [4.69, 9.17) is 0 Å². The summed E-state index contributed by atoms with van der Waals surface area (Å²) in [5.41, 5.74) is 1.28. The molecular weight excluding hydrogens is 200 g/mol. The first-order valence-electron chi connectivity index (χ1n) is 5.78. The summed E-state index contributed by atoms with van der Waals surface area (Å²) in [6.45, 7) is 1.38. The van der Waals surface area contributed by atoms with Gasteiger partial charge in [0.05, 0.1) is 6.54 Å². The van der Waals surface area contributed by atoms with Crippen molar-refractivity contribution in [1.29, 1.82) is 0 Å². The van der Waals surface area contributed by atoms with Crippen molar-refractivity contribution in [2.75, 3.05) is 13.6 Å². The van der Waals surface area contributed by atoms with E-state index in [0.29, 0.717) is 12.6 Å². The quantitative estimate of drug-likeness (QED) is 0.810. The van der Waals surface area contributed by atoms with Crippen LogP contribution in [0.4, 0.5) is 0 Å². The van der Waals surface area contributed by atoms with E-state index >= 15 is 0 Å². The third kappa shape index (κ3) is 3.07. The van der Waals surface area contributed by atoms with Gasteiger partial charge in [0.1, 0.15) is 0 Å². The number of nitrogens with zero attached hydrogens (tertiary/aromatic N) is 1. The van der Waals surface area contributed by atoms with Crippen molar-refractivity contribution >= 4 is 5.91 Å². The molecule has 0 radical (unpaired) electrons. The predicted molar refractivity (Wildman–Crippen MR) is 63.9 cm³/mol. The zero-order valence-electron chi connectivity index (χ0n) is 9.65. The van der Waals surface area contributed by atoms with Crippen LogP contribution in [-0.4, -0.2) is 30.4 Å². The monoisotopic (exact) mass is 218 g/mol. The molecule has 1 aromatic carbocycles. The van der Waals surface area contributed by atoms with Crippen LogP contribution in [-0.2, 0) is 11.3 Å². The lowest BCUT2D eigenvalue weighted by Gasteiger charge is -2.20. The molecule has 0 unspecified atom stereocenters. The third-order valence-corrected chi connectivity index (χ3v) is 2.92. The first-order chi connectivity index (χ1) is 7.79. The highest BCUT2D eigenvalue weighted by Crippen LogP contribution is 2.27. The molecule has 16 heavy (non-hydrogen) atoms. The van der Waals surface area contributed by atoms with E-state index in [9.17, 15) is 4.79 Å². The van der Waals surface area contributed by atoms with Crippen LogP contribution in [0, 0.1) is 0 Å². The number of benzene rings is 1. The van der Waals surface area contributed by atoms with Crippen molar-refractivity contribution in [2.24, 2.45) is 0 Å². The maximum Gasteiger partial charge on any atom is 0.233 e. The highest BCUT2D eigenvalue weighted by atomic mass is 16.1. The summed E-state index contributed by atoms with van der Waals surface area (Å²) in [4.78, 5) is 13.6. The molecule has 0 bridgehead atoms. The Balaban J connectivity index is 1.95. The molecule has 3 nitrogen and oxygen atoms in total. The van der Waals surface area contributed by atoms with E-state index in [-0.39, 0.29) is 5.91 Å². The molecule has 0 saturated heterocycles. The zero-order valence-corrected chi connectivity index (χ0v) is 9.65. The van der Waals surface area contributed by atoms with Crippen molar-refractivity contribution in [1.82, 2.24) is 10.2 Å². The minimum atomic E-state index is 0.0998. The molecule has 1 aliphatic rings. The summed E-state index contributed by atoms with van der Waals surface area (Å²) in [5.74, 6) is 0.0998. The minimum absolute atomic E-state index is 0.0998. The van der Waals surface area contributed by atoms with Gasteiger partial charge in [-0.2, -0.15) is 0 Å². The topological polar surface area (TPSA) is 32.3 Å². The average molecular weight is 218 g/mol. The molecule has 1 saturated carbocycles. The van der Waals surface area contributed by atoms with Crippen LogP contribution in [0.25, 0.3) is 0 Å². The summed E-state index contributed by atoms with van der Waals surface area (Å²) in [7, 11) is 1.69. The van der Waals surface area contributed by atoms with Crippen molar-refractivity contribution in [3.8, 4) is 0 Å². The highest BCUT2D eigenvalue weighted by Gasteiger charge is 2.29. The molecule has 1 N–H and O–H groups in total. The summed E-state index contributed by atoms with van der Waals surface area (Å²) < 4.78 is 0. The van der Waals surface area contributed by atoms with E-state index in [0.717, 1.165) is 6.54 Å². The summed E-state index contributed by atoms with van der Waals surface area (Å²) in [6, 6.07) is 10.9. The van der Waals surface area contributed by atoms with Gasteiger partial charge in [0.15, 0.2) is 0 Å². The molecule has 0 aliphatic heterocycles. The maximum absolute atomic E-state index is 11.4. The number of hydrogen-bond acceptors (Lipinski definition) is 2. The Bertz CT molecular complexity index is 346. The third-order valence-electron chi connectivity index (χ3n) is 2.92. The number of hydrogen-bond donors (Lipinski definition) is 1. The van der Waals surface area contributed by atoms with Crippen LogP contribution in [0.3, 0.4) is 0 Å². The predicted octanol–water partition coefficient (Wildman–Crippen LogP) is 1.40. The van der Waals surface area contributed by atoms with E-state index < -0.39 is 0 Å². The Morgan fingerprint density at radius 3 is 2.62 bits per heavy atom. The van der Waals surface area contributed by atoms with Crippen LogP contribution >= 0.6 is 0 Å². The van der Waals surface area contributed by atoms with Crippen molar-refractivity contribution in [3.63, 3.8) is 0 Å². The molecule has 1 fully saturated rings. The normalized spacial score (nSPS) is 15.1. The Morgan fingerprint density at radius 2 is 2.06 bits per heavy atom. The summed E-state index contributed by atoms with van der Waals surface area (Å²) in [6.07, 6.45) is 2.45. The van der Waals surface area contributed by atoms with Gasteiger partial charge in [0.25, 0.3) is 0 Å². The number of carbonyl (C=O) groups excluding carboxylic acids is 1. The van der Waals surface area contributed by atoms with Gasteiger partial charge in [0, 0.05) is 19.6 Å². The first-order valence-corrected chi connectivity index (χ1v) is 5.78. The second kappa shape index (κ2) is 5.12. The van der Waals surface area contributed by atoms with Gasteiger partial charge < -0.3 is 5.32 Å². The maximum atomic E-state index is 11.4. The van der Waals surface area contributed by atoms with Gasteiger partial charge in [0.2, 0.25) is 5.91 Å². The molecule has 0 atom stereocenters. The highest BCUT2D eigenvalue weighted by molar-refractivity contribution is 5.77. The van der Waals surface area contributed by atoms with Crippen molar-refractivity contribution in [3.05, 3.63) is 35.9 Å². The lowest BCUT2D eigenvalue weighted by Crippen LogP contribution is -2.36. The van der Waals surface area contributed by atoms with Gasteiger partial charge in [-0.05, 0) is 18.4 Å². The average Bonchev–Trinajstić information content (AvgIpc) is 3.13. The zero-order chi connectivity index (χ0) is 11.4. The molecule has 1 amide bonds. The van der Waals surface area contributed by atoms with E-state index in [1.807, 2.05) is 18.2 Å². The van der Waals surface area contributed by atoms with Gasteiger partial charge in [-0.3, -0.25) is 9.69 Å².